The van der Waals surface area contributed by atoms with Crippen molar-refractivity contribution in [3.8, 4) is 23.3 Å². The summed E-state index contributed by atoms with van der Waals surface area (Å²) in [6.07, 6.45) is 0. The van der Waals surface area contributed by atoms with Crippen LogP contribution in [0.1, 0.15) is 21.5 Å². The quantitative estimate of drug-likeness (QED) is 0.496. The number of nitrogens with one attached hydrogen (secondary N) is 1. The van der Waals surface area contributed by atoms with Crippen LogP contribution >= 0.6 is 0 Å². The summed E-state index contributed by atoms with van der Waals surface area (Å²) in [5, 5.41) is 11.6. The van der Waals surface area contributed by atoms with Gasteiger partial charge in [0.15, 0.2) is 18.1 Å². The summed E-state index contributed by atoms with van der Waals surface area (Å²) < 4.78 is 21.4. The van der Waals surface area contributed by atoms with Crippen molar-refractivity contribution in [3.05, 3.63) is 83.4 Å². The molecule has 0 atom stereocenters. The molecule has 0 aliphatic heterocycles. The van der Waals surface area contributed by atoms with E-state index in [1.807, 2.05) is 6.07 Å². The lowest BCUT2D eigenvalue weighted by molar-refractivity contribution is -0.118. The molecule has 0 bridgehead atoms. The molecule has 0 saturated heterocycles. The molecule has 0 aliphatic rings. The summed E-state index contributed by atoms with van der Waals surface area (Å²) in [5.74, 6) is 0.196. The highest BCUT2D eigenvalue weighted by Crippen LogP contribution is 2.29. The number of amides is 1. The van der Waals surface area contributed by atoms with Gasteiger partial charge in [0.2, 0.25) is 0 Å². The van der Waals surface area contributed by atoms with Crippen LogP contribution in [0.2, 0.25) is 0 Å². The van der Waals surface area contributed by atoms with Gasteiger partial charge in [-0.1, -0.05) is 24.3 Å². The van der Waals surface area contributed by atoms with Crippen molar-refractivity contribution < 1.29 is 28.5 Å². The number of benzene rings is 3. The molecule has 0 saturated carbocycles. The van der Waals surface area contributed by atoms with Gasteiger partial charge in [0, 0.05) is 0 Å². The van der Waals surface area contributed by atoms with Crippen LogP contribution in [0.5, 0.6) is 17.2 Å². The Morgan fingerprint density at radius 1 is 0.909 bits per heavy atom. The molecule has 1 amide bonds. The van der Waals surface area contributed by atoms with Gasteiger partial charge in [-0.2, -0.15) is 5.26 Å². The first-order valence-corrected chi connectivity index (χ1v) is 9.94. The molecule has 168 valence electrons. The maximum Gasteiger partial charge on any atom is 0.338 e. The van der Waals surface area contributed by atoms with Gasteiger partial charge in [-0.3, -0.25) is 4.79 Å². The predicted octanol–water partition coefficient (Wildman–Crippen LogP) is 3.95. The standard InChI is InChI=1S/C25H22N2O6/c1-30-21-6-4-3-5-20(21)27-24(28)16-32-22-12-11-19(13-23(22)31-2)25(29)33-15-18-9-7-17(14-26)8-10-18/h3-13H,15-16H2,1-2H3,(H,27,28). The Hall–Kier alpha value is -4.51. The zero-order valence-corrected chi connectivity index (χ0v) is 18.2. The van der Waals surface area contributed by atoms with Gasteiger partial charge >= 0.3 is 5.97 Å². The lowest BCUT2D eigenvalue weighted by Gasteiger charge is -2.13. The fraction of sp³-hybridized carbons (Fsp3) is 0.160. The van der Waals surface area contributed by atoms with Crippen molar-refractivity contribution in [1.29, 1.82) is 5.26 Å². The van der Waals surface area contributed by atoms with Gasteiger partial charge in [0.25, 0.3) is 5.91 Å². The van der Waals surface area contributed by atoms with Crippen molar-refractivity contribution in [2.24, 2.45) is 0 Å². The Labute approximate surface area is 191 Å². The van der Waals surface area contributed by atoms with E-state index in [2.05, 4.69) is 5.32 Å². The highest BCUT2D eigenvalue weighted by Gasteiger charge is 2.14. The SMILES string of the molecule is COc1ccccc1NC(=O)COc1ccc(C(=O)OCc2ccc(C#N)cc2)cc1OC. The van der Waals surface area contributed by atoms with Crippen LogP contribution < -0.4 is 19.5 Å². The van der Waals surface area contributed by atoms with E-state index in [0.717, 1.165) is 5.56 Å². The lowest BCUT2D eigenvalue weighted by atomic mass is 10.1. The molecule has 3 aromatic rings. The number of ether oxygens (including phenoxy) is 4. The third kappa shape index (κ3) is 6.24. The average molecular weight is 446 g/mol. The molecule has 8 heteroatoms. The van der Waals surface area contributed by atoms with Crippen LogP contribution in [0.3, 0.4) is 0 Å². The number of methoxy groups -OCH3 is 2. The Kier molecular flexibility index (Phi) is 7.86. The molecular formula is C25H22N2O6. The number of carbonyl (C=O) groups excluding carboxylic acids is 2. The van der Waals surface area contributed by atoms with Gasteiger partial charge in [-0.05, 0) is 48.0 Å². The molecule has 3 rings (SSSR count). The number of para-hydroxylation sites is 2. The molecule has 3 aromatic carbocycles. The van der Waals surface area contributed by atoms with E-state index in [0.29, 0.717) is 22.7 Å². The maximum absolute atomic E-state index is 12.4. The highest BCUT2D eigenvalue weighted by atomic mass is 16.5. The molecule has 0 aliphatic carbocycles. The molecule has 0 unspecified atom stereocenters. The summed E-state index contributed by atoms with van der Waals surface area (Å²) in [5.41, 5.74) is 2.09. The van der Waals surface area contributed by atoms with Gasteiger partial charge in [-0.15, -0.1) is 0 Å². The summed E-state index contributed by atoms with van der Waals surface area (Å²) in [7, 11) is 2.95. The van der Waals surface area contributed by atoms with Gasteiger partial charge in [-0.25, -0.2) is 4.79 Å². The lowest BCUT2D eigenvalue weighted by Crippen LogP contribution is -2.20. The van der Waals surface area contributed by atoms with E-state index >= 15 is 0 Å². The van der Waals surface area contributed by atoms with E-state index in [9.17, 15) is 9.59 Å². The van der Waals surface area contributed by atoms with Gasteiger partial charge in [0.05, 0.1) is 37.1 Å². The molecular weight excluding hydrogens is 424 g/mol. The van der Waals surface area contributed by atoms with Crippen molar-refractivity contribution >= 4 is 17.6 Å². The minimum Gasteiger partial charge on any atom is -0.495 e. The average Bonchev–Trinajstić information content (AvgIpc) is 2.86. The zero-order chi connectivity index (χ0) is 23.6. The summed E-state index contributed by atoms with van der Waals surface area (Å²) in [4.78, 5) is 24.7. The first-order valence-electron chi connectivity index (χ1n) is 9.94. The van der Waals surface area contributed by atoms with Crippen LogP contribution in [0.4, 0.5) is 5.69 Å². The Balaban J connectivity index is 1.58. The first kappa shape index (κ1) is 23.2. The normalized spacial score (nSPS) is 9.97. The number of hydrogen-bond acceptors (Lipinski definition) is 7. The molecule has 0 spiro atoms. The van der Waals surface area contributed by atoms with E-state index in [-0.39, 0.29) is 30.4 Å². The molecule has 33 heavy (non-hydrogen) atoms. The number of anilines is 1. The van der Waals surface area contributed by atoms with E-state index < -0.39 is 5.97 Å². The second-order valence-corrected chi connectivity index (χ2v) is 6.79. The molecule has 1 N–H and O–H groups in total. The first-order chi connectivity index (χ1) is 16.0. The van der Waals surface area contributed by atoms with Crippen molar-refractivity contribution in [2.75, 3.05) is 26.1 Å². The number of nitriles is 1. The van der Waals surface area contributed by atoms with Crippen LogP contribution in [0.25, 0.3) is 0 Å². The van der Waals surface area contributed by atoms with Crippen LogP contribution in [-0.2, 0) is 16.1 Å². The summed E-state index contributed by atoms with van der Waals surface area (Å²) in [6, 6.07) is 20.4. The Bertz CT molecular complexity index is 1170. The molecule has 0 fully saturated rings. The minimum atomic E-state index is -0.543. The third-order valence-electron chi connectivity index (χ3n) is 4.59. The Morgan fingerprint density at radius 3 is 2.33 bits per heavy atom. The monoisotopic (exact) mass is 446 g/mol. The molecule has 0 radical (unpaired) electrons. The second-order valence-electron chi connectivity index (χ2n) is 6.79. The van der Waals surface area contributed by atoms with Gasteiger partial charge in [0.1, 0.15) is 12.4 Å². The van der Waals surface area contributed by atoms with Crippen LogP contribution in [0.15, 0.2) is 66.7 Å². The molecule has 0 aromatic heterocycles. The molecule has 0 heterocycles. The number of hydrogen-bond donors (Lipinski definition) is 1. The van der Waals surface area contributed by atoms with E-state index in [1.165, 1.54) is 32.4 Å². The zero-order valence-electron chi connectivity index (χ0n) is 18.2. The van der Waals surface area contributed by atoms with Gasteiger partial charge < -0.3 is 24.3 Å². The second kappa shape index (κ2) is 11.2. The van der Waals surface area contributed by atoms with Crippen LogP contribution in [-0.4, -0.2) is 32.7 Å². The van der Waals surface area contributed by atoms with Crippen LogP contribution in [0, 0.1) is 11.3 Å². The summed E-state index contributed by atoms with van der Waals surface area (Å²) in [6.45, 7) is -0.203. The Morgan fingerprint density at radius 2 is 1.64 bits per heavy atom. The van der Waals surface area contributed by atoms with Crippen molar-refractivity contribution in [1.82, 2.24) is 0 Å². The fourth-order valence-electron chi connectivity index (χ4n) is 2.90. The smallest absolute Gasteiger partial charge is 0.338 e. The maximum atomic E-state index is 12.4. The number of nitrogens with zero attached hydrogens (tertiary/aromatic N) is 1. The highest BCUT2D eigenvalue weighted by molar-refractivity contribution is 5.93. The van der Waals surface area contributed by atoms with E-state index in [4.69, 9.17) is 24.2 Å². The predicted molar refractivity (Wildman–Crippen MR) is 120 cm³/mol. The number of carbonyl (C=O) groups is 2. The molecule has 8 nitrogen and oxygen atoms in total. The topological polar surface area (TPSA) is 107 Å². The largest absolute Gasteiger partial charge is 0.495 e. The summed E-state index contributed by atoms with van der Waals surface area (Å²) >= 11 is 0. The van der Waals surface area contributed by atoms with Crippen molar-refractivity contribution in [3.63, 3.8) is 0 Å². The number of esters is 1. The van der Waals surface area contributed by atoms with Crippen molar-refractivity contribution in [2.45, 2.75) is 6.61 Å². The van der Waals surface area contributed by atoms with E-state index in [1.54, 1.807) is 48.5 Å². The fourth-order valence-corrected chi connectivity index (χ4v) is 2.90. The minimum absolute atomic E-state index is 0.0637. The third-order valence-corrected chi connectivity index (χ3v) is 4.59. The number of rotatable bonds is 9.